The molecule has 0 spiro atoms. The van der Waals surface area contributed by atoms with E-state index < -0.39 is 23.8 Å². The summed E-state index contributed by atoms with van der Waals surface area (Å²) in [6, 6.07) is 7.61. The molecule has 4 aromatic rings. The van der Waals surface area contributed by atoms with Gasteiger partial charge < -0.3 is 14.0 Å². The van der Waals surface area contributed by atoms with Gasteiger partial charge in [-0.3, -0.25) is 0 Å². The Balaban J connectivity index is 1.59. The molecule has 1 unspecified atom stereocenters. The van der Waals surface area contributed by atoms with Gasteiger partial charge in [-0.1, -0.05) is 25.1 Å². The number of carbonyl (C=O) groups is 1. The molecule has 0 aliphatic carbocycles. The monoisotopic (exact) mass is 519 g/mol. The molecule has 9 heteroatoms. The molecule has 2 heterocycles. The number of halogens is 3. The molecule has 0 bridgehead atoms. The molecule has 0 fully saturated rings. The Bertz CT molecular complexity index is 1400. The maximum Gasteiger partial charge on any atom is 0.416 e. The van der Waals surface area contributed by atoms with Gasteiger partial charge >= 0.3 is 12.1 Å². The number of hydrogen-bond donors (Lipinski definition) is 0. The van der Waals surface area contributed by atoms with Gasteiger partial charge in [0, 0.05) is 21.0 Å². The van der Waals surface area contributed by atoms with Crippen LogP contribution < -0.4 is 4.74 Å². The highest BCUT2D eigenvalue weighted by Gasteiger charge is 2.31. The van der Waals surface area contributed by atoms with Crippen molar-refractivity contribution < 1.29 is 32.0 Å². The van der Waals surface area contributed by atoms with Gasteiger partial charge in [-0.15, -0.1) is 11.3 Å². The summed E-state index contributed by atoms with van der Waals surface area (Å²) in [5.41, 5.74) is 2.58. The molecule has 5 nitrogen and oxygen atoms in total. The maximum absolute atomic E-state index is 13.2. The summed E-state index contributed by atoms with van der Waals surface area (Å²) in [6.07, 6.45) is -3.93. The fourth-order valence-electron chi connectivity index (χ4n) is 4.32. The molecule has 0 aliphatic rings. The van der Waals surface area contributed by atoms with Crippen molar-refractivity contribution in [1.82, 2.24) is 5.16 Å². The van der Waals surface area contributed by atoms with E-state index in [0.717, 1.165) is 38.5 Å². The molecule has 0 N–H and O–H groups in total. The lowest BCUT2D eigenvalue weighted by Crippen LogP contribution is -2.26. The molecule has 0 aliphatic heterocycles. The first-order valence-electron chi connectivity index (χ1n) is 11.8. The van der Waals surface area contributed by atoms with Crippen LogP contribution in [0.5, 0.6) is 5.75 Å². The Kier molecular flexibility index (Phi) is 7.31. The van der Waals surface area contributed by atoms with Crippen LogP contribution in [0.1, 0.15) is 60.9 Å². The number of hydrogen-bond acceptors (Lipinski definition) is 6. The summed E-state index contributed by atoms with van der Waals surface area (Å²) in [4.78, 5) is 13.0. The van der Waals surface area contributed by atoms with Crippen molar-refractivity contribution in [1.29, 1.82) is 0 Å². The van der Waals surface area contributed by atoms with Gasteiger partial charge in [-0.25, -0.2) is 4.79 Å². The minimum atomic E-state index is -4.37. The Morgan fingerprint density at radius 2 is 1.86 bits per heavy atom. The molecule has 4 rings (SSSR count). The highest BCUT2D eigenvalue weighted by molar-refractivity contribution is 7.19. The molecular weight excluding hydrogens is 491 g/mol. The van der Waals surface area contributed by atoms with E-state index in [4.69, 9.17) is 14.0 Å². The summed E-state index contributed by atoms with van der Waals surface area (Å²) < 4.78 is 56.6. The van der Waals surface area contributed by atoms with E-state index in [9.17, 15) is 18.0 Å². The van der Waals surface area contributed by atoms with Gasteiger partial charge in [0.05, 0.1) is 17.9 Å². The Morgan fingerprint density at radius 1 is 1.11 bits per heavy atom. The number of esters is 1. The number of rotatable bonds is 8. The Morgan fingerprint density at radius 3 is 2.53 bits per heavy atom. The largest absolute Gasteiger partial charge is 0.479 e. The van der Waals surface area contributed by atoms with Crippen LogP contribution in [0.4, 0.5) is 13.2 Å². The maximum atomic E-state index is 13.2. The highest BCUT2D eigenvalue weighted by Crippen LogP contribution is 2.40. The van der Waals surface area contributed by atoms with Crippen LogP contribution in [0.2, 0.25) is 0 Å². The highest BCUT2D eigenvalue weighted by atomic mass is 32.1. The summed E-state index contributed by atoms with van der Waals surface area (Å²) in [6.45, 7) is 9.62. The average Bonchev–Trinajstić information content (AvgIpc) is 3.37. The zero-order valence-electron chi connectivity index (χ0n) is 20.8. The number of fused-ring (bicyclic) bond motifs is 2. The van der Waals surface area contributed by atoms with E-state index in [2.05, 4.69) is 19.0 Å². The lowest BCUT2D eigenvalue weighted by molar-refractivity contribution is -0.150. The standard InChI is InChI=1S/C27H28F3NO4S/c1-6-33-26(32)16(5)34-21-13-22-19(11-15(21)4)20(31-35-22)9-10-23-25(14(2)3)18-8-7-17(27(28,29)30)12-24(18)36-23/h7-8,11-14,16H,6,9-10H2,1-5H3. The topological polar surface area (TPSA) is 61.6 Å². The van der Waals surface area contributed by atoms with Crippen molar-refractivity contribution >= 4 is 38.4 Å². The summed E-state index contributed by atoms with van der Waals surface area (Å²) in [7, 11) is 0. The molecule has 0 radical (unpaired) electrons. The van der Waals surface area contributed by atoms with Gasteiger partial charge in [-0.2, -0.15) is 13.2 Å². The number of thiophene rings is 1. The van der Waals surface area contributed by atoms with Crippen LogP contribution in [-0.4, -0.2) is 23.8 Å². The van der Waals surface area contributed by atoms with E-state index in [1.807, 2.05) is 13.0 Å². The first-order valence-corrected chi connectivity index (χ1v) is 12.7. The first kappa shape index (κ1) is 26.0. The lowest BCUT2D eigenvalue weighted by atomic mass is 9.96. The summed E-state index contributed by atoms with van der Waals surface area (Å²) in [5.74, 6) is 0.239. The normalized spacial score (nSPS) is 13.0. The molecule has 192 valence electrons. The third-order valence-corrected chi connectivity index (χ3v) is 7.29. The smallest absolute Gasteiger partial charge is 0.416 e. The quantitative estimate of drug-likeness (QED) is 0.224. The number of carbonyl (C=O) groups excluding carboxylic acids is 1. The van der Waals surface area contributed by atoms with Crippen LogP contribution in [0.25, 0.3) is 21.1 Å². The molecule has 0 saturated heterocycles. The van der Waals surface area contributed by atoms with Gasteiger partial charge in [0.1, 0.15) is 5.75 Å². The summed E-state index contributed by atoms with van der Waals surface area (Å²) in [5, 5.41) is 5.96. The van der Waals surface area contributed by atoms with Crippen LogP contribution >= 0.6 is 11.3 Å². The average molecular weight is 520 g/mol. The molecule has 2 aromatic carbocycles. The molecular formula is C27H28F3NO4S. The number of aromatic nitrogens is 1. The van der Waals surface area contributed by atoms with E-state index >= 15 is 0 Å². The van der Waals surface area contributed by atoms with Crippen LogP contribution in [-0.2, 0) is 28.5 Å². The SMILES string of the molecule is CCOC(=O)C(C)Oc1cc2onc(CCc3sc4cc(C(F)(F)F)ccc4c3C(C)C)c2cc1C. The third kappa shape index (κ3) is 5.21. The van der Waals surface area contributed by atoms with Crippen molar-refractivity contribution in [2.24, 2.45) is 0 Å². The fraction of sp³-hybridized carbons (Fsp3) is 0.407. The van der Waals surface area contributed by atoms with Crippen molar-refractivity contribution in [3.8, 4) is 5.75 Å². The second-order valence-corrected chi connectivity index (χ2v) is 10.2. The van der Waals surface area contributed by atoms with Crippen LogP contribution in [0.15, 0.2) is 34.9 Å². The predicted molar refractivity (Wildman–Crippen MR) is 134 cm³/mol. The number of alkyl halides is 3. The molecule has 1 atom stereocenters. The second-order valence-electron chi connectivity index (χ2n) is 9.06. The van der Waals surface area contributed by atoms with E-state index in [-0.39, 0.29) is 12.5 Å². The number of benzene rings is 2. The zero-order valence-corrected chi connectivity index (χ0v) is 21.6. The molecule has 0 saturated carbocycles. The second kappa shape index (κ2) is 10.1. The Hall–Kier alpha value is -3.07. The van der Waals surface area contributed by atoms with E-state index in [0.29, 0.717) is 28.9 Å². The van der Waals surface area contributed by atoms with Crippen molar-refractivity contribution in [2.75, 3.05) is 6.61 Å². The van der Waals surface area contributed by atoms with Crippen molar-refractivity contribution in [2.45, 2.75) is 65.7 Å². The minimum absolute atomic E-state index is 0.169. The molecule has 2 aromatic heterocycles. The fourth-order valence-corrected chi connectivity index (χ4v) is 5.72. The van der Waals surface area contributed by atoms with Gasteiger partial charge in [0.25, 0.3) is 0 Å². The predicted octanol–water partition coefficient (Wildman–Crippen LogP) is 7.61. The summed E-state index contributed by atoms with van der Waals surface area (Å²) >= 11 is 1.41. The number of nitrogens with zero attached hydrogens (tertiary/aromatic N) is 1. The Labute approximate surface area is 211 Å². The van der Waals surface area contributed by atoms with Crippen LogP contribution in [0, 0.1) is 6.92 Å². The minimum Gasteiger partial charge on any atom is -0.479 e. The number of ether oxygens (including phenoxy) is 2. The zero-order chi connectivity index (χ0) is 26.2. The third-order valence-electron chi connectivity index (χ3n) is 6.06. The van der Waals surface area contributed by atoms with Gasteiger partial charge in [0.2, 0.25) is 0 Å². The molecule has 36 heavy (non-hydrogen) atoms. The number of aryl methyl sites for hydroxylation is 3. The van der Waals surface area contributed by atoms with Gasteiger partial charge in [0.15, 0.2) is 11.7 Å². The van der Waals surface area contributed by atoms with Crippen molar-refractivity contribution in [3.63, 3.8) is 0 Å². The van der Waals surface area contributed by atoms with E-state index in [1.165, 1.54) is 17.4 Å². The first-order chi connectivity index (χ1) is 17.0. The lowest BCUT2D eigenvalue weighted by Gasteiger charge is -2.15. The van der Waals surface area contributed by atoms with Crippen LogP contribution in [0.3, 0.4) is 0 Å². The van der Waals surface area contributed by atoms with E-state index in [1.54, 1.807) is 26.0 Å². The van der Waals surface area contributed by atoms with Gasteiger partial charge in [-0.05, 0) is 74.2 Å². The van der Waals surface area contributed by atoms with Crippen molar-refractivity contribution in [3.05, 3.63) is 57.6 Å². The molecule has 0 amide bonds.